The van der Waals surface area contributed by atoms with Crippen LogP contribution in [0.15, 0.2) is 0 Å². The van der Waals surface area contributed by atoms with Crippen LogP contribution in [0.1, 0.15) is 0 Å². The molecule has 0 bridgehead atoms. The van der Waals surface area contributed by atoms with E-state index in [0.717, 1.165) is 0 Å². The van der Waals surface area contributed by atoms with Crippen molar-refractivity contribution in [3.8, 4) is 0 Å². The molecular formula is C2H4Cl2O6P2Ti. The summed E-state index contributed by atoms with van der Waals surface area (Å²) in [6.45, 7) is 0. The van der Waals surface area contributed by atoms with Crippen molar-refractivity contribution in [2.75, 3.05) is 11.2 Å². The van der Waals surface area contributed by atoms with Crippen LogP contribution in [0.3, 0.4) is 0 Å². The number of alkyl halides is 2. The number of hydrogen-bond donors (Lipinski definition) is 0. The fourth-order valence-corrected chi connectivity index (χ4v) is 0. The monoisotopic (exact) mass is 304 g/mol. The van der Waals surface area contributed by atoms with E-state index in [1.807, 2.05) is 0 Å². The summed E-state index contributed by atoms with van der Waals surface area (Å²) in [6.07, 6.45) is 0. The maximum atomic E-state index is 9.34. The van der Waals surface area contributed by atoms with E-state index in [-0.39, 0.29) is 21.7 Å². The molecule has 0 heterocycles. The molecule has 11 heteroatoms. The summed E-state index contributed by atoms with van der Waals surface area (Å²) in [5.41, 5.74) is -1.62. The molecule has 13 heavy (non-hydrogen) atoms. The predicted octanol–water partition coefficient (Wildman–Crippen LogP) is -1.81. The Morgan fingerprint density at radius 3 is 0.923 bits per heavy atom. The molecule has 0 unspecified atom stereocenters. The molecule has 0 aliphatic carbocycles. The van der Waals surface area contributed by atoms with Crippen molar-refractivity contribution in [1.82, 2.24) is 0 Å². The van der Waals surface area contributed by atoms with Gasteiger partial charge >= 0.3 is 21.7 Å². The largest absolute Gasteiger partial charge is 4.00 e. The van der Waals surface area contributed by atoms with Crippen molar-refractivity contribution >= 4 is 38.4 Å². The summed E-state index contributed by atoms with van der Waals surface area (Å²) in [5, 5.41) is 0. The van der Waals surface area contributed by atoms with Crippen molar-refractivity contribution in [2.45, 2.75) is 0 Å². The van der Waals surface area contributed by atoms with Crippen LogP contribution in [0.2, 0.25) is 0 Å². The molecule has 0 saturated heterocycles. The third-order valence-corrected chi connectivity index (χ3v) is 2.63. The second-order valence-electron chi connectivity index (χ2n) is 1.46. The standard InChI is InChI=1S/2CH4ClO3P.Ti/c2*2-1-6(3,4)5;/h2*1H2,(H2,3,4,5);/q;;+4/p-4. The van der Waals surface area contributed by atoms with Gasteiger partial charge in [0, 0.05) is 0 Å². The smallest absolute Gasteiger partial charge is 0.810 e. The summed E-state index contributed by atoms with van der Waals surface area (Å²) in [6, 6.07) is 0. The molecule has 0 aromatic heterocycles. The fraction of sp³-hybridized carbons (Fsp3) is 1.00. The minimum atomic E-state index is -4.38. The third-order valence-electron chi connectivity index (χ3n) is 0.293. The molecule has 0 aliphatic heterocycles. The van der Waals surface area contributed by atoms with Crippen molar-refractivity contribution < 1.29 is 50.4 Å². The normalized spacial score (nSPS) is 10.9. The first-order valence-electron chi connectivity index (χ1n) is 2.26. The molecule has 0 rings (SSSR count). The topological polar surface area (TPSA) is 126 Å². The van der Waals surface area contributed by atoms with E-state index in [1.165, 1.54) is 0 Å². The molecule has 0 aromatic carbocycles. The fourth-order valence-electron chi connectivity index (χ4n) is 0. The van der Waals surface area contributed by atoms with Gasteiger partial charge in [0.15, 0.2) is 0 Å². The Kier molecular flexibility index (Phi) is 13.7. The maximum Gasteiger partial charge on any atom is 4.00 e. The molecule has 0 atom stereocenters. The molecule has 0 saturated carbocycles. The second-order valence-corrected chi connectivity index (χ2v) is 5.82. The van der Waals surface area contributed by atoms with Gasteiger partial charge in [-0.15, -0.1) is 23.2 Å². The van der Waals surface area contributed by atoms with Gasteiger partial charge in [-0.1, -0.05) is 15.2 Å². The minimum absolute atomic E-state index is 0. The van der Waals surface area contributed by atoms with Crippen LogP contribution in [-0.4, -0.2) is 11.2 Å². The van der Waals surface area contributed by atoms with Crippen LogP contribution in [0, 0.1) is 0 Å². The van der Waals surface area contributed by atoms with Gasteiger partial charge in [0.25, 0.3) is 0 Å². The summed E-state index contributed by atoms with van der Waals surface area (Å²) in [4.78, 5) is 37.4. The van der Waals surface area contributed by atoms with Crippen LogP contribution >= 0.6 is 38.4 Å². The first-order valence-corrected chi connectivity index (χ1v) is 6.79. The molecule has 0 aliphatic rings. The molecule has 0 aromatic rings. The van der Waals surface area contributed by atoms with E-state index < -0.39 is 26.4 Å². The summed E-state index contributed by atoms with van der Waals surface area (Å²) in [7, 11) is -8.76. The molecule has 6 nitrogen and oxygen atoms in total. The van der Waals surface area contributed by atoms with Crippen LogP contribution in [-0.2, 0) is 30.8 Å². The van der Waals surface area contributed by atoms with Crippen LogP contribution in [0.5, 0.6) is 0 Å². The Bertz CT molecular complexity index is 177. The van der Waals surface area contributed by atoms with Crippen molar-refractivity contribution in [3.63, 3.8) is 0 Å². The van der Waals surface area contributed by atoms with Crippen molar-refractivity contribution in [3.05, 3.63) is 0 Å². The van der Waals surface area contributed by atoms with E-state index in [9.17, 15) is 28.7 Å². The first-order chi connectivity index (χ1) is 5.12. The summed E-state index contributed by atoms with van der Waals surface area (Å²) < 4.78 is 18.7. The van der Waals surface area contributed by atoms with Gasteiger partial charge in [-0.25, -0.2) is 0 Å². The molecule has 0 spiro atoms. The SMILES string of the molecule is O=P([O-])([O-])CCl.O=P([O-])([O-])CCl.[Ti+4]. The average Bonchev–Trinajstić information content (AvgIpc) is 1.86. The number of rotatable bonds is 2. The van der Waals surface area contributed by atoms with E-state index in [2.05, 4.69) is 23.2 Å². The van der Waals surface area contributed by atoms with Gasteiger partial charge in [-0.05, 0) is 0 Å². The van der Waals surface area contributed by atoms with Crippen LogP contribution in [0.4, 0.5) is 0 Å². The maximum absolute atomic E-state index is 9.34. The van der Waals surface area contributed by atoms with Crippen LogP contribution in [0.25, 0.3) is 0 Å². The first kappa shape index (κ1) is 20.1. The van der Waals surface area contributed by atoms with Crippen molar-refractivity contribution in [1.29, 1.82) is 0 Å². The molecule has 0 N–H and O–H groups in total. The zero-order chi connectivity index (χ0) is 10.4. The van der Waals surface area contributed by atoms with Gasteiger partial charge in [-0.3, -0.25) is 0 Å². The zero-order valence-corrected chi connectivity index (χ0v) is 10.9. The molecule has 0 fully saturated rings. The average molecular weight is 305 g/mol. The van der Waals surface area contributed by atoms with Crippen LogP contribution < -0.4 is 19.6 Å². The van der Waals surface area contributed by atoms with Crippen molar-refractivity contribution in [2.24, 2.45) is 0 Å². The molecular weight excluding hydrogens is 301 g/mol. The minimum Gasteiger partial charge on any atom is -0.810 e. The Morgan fingerprint density at radius 2 is 0.923 bits per heavy atom. The number of hydrogen-bond acceptors (Lipinski definition) is 6. The van der Waals surface area contributed by atoms with Gasteiger partial charge < -0.3 is 28.7 Å². The van der Waals surface area contributed by atoms with E-state index in [0.29, 0.717) is 0 Å². The Hall–Kier alpha value is 1.59. The van der Waals surface area contributed by atoms with Gasteiger partial charge in [0.2, 0.25) is 0 Å². The van der Waals surface area contributed by atoms with Gasteiger partial charge in [0.05, 0.1) is 11.2 Å². The van der Waals surface area contributed by atoms with Gasteiger partial charge in [-0.2, -0.15) is 0 Å². The zero-order valence-electron chi connectivity index (χ0n) is 6.01. The van der Waals surface area contributed by atoms with E-state index in [1.54, 1.807) is 0 Å². The Morgan fingerprint density at radius 1 is 0.846 bits per heavy atom. The number of halogens is 2. The summed E-state index contributed by atoms with van der Waals surface area (Å²) in [5.74, 6) is 0. The summed E-state index contributed by atoms with van der Waals surface area (Å²) >= 11 is 9.18. The molecule has 0 radical (unpaired) electrons. The third kappa shape index (κ3) is 31.7. The quantitative estimate of drug-likeness (QED) is 0.336. The predicted molar refractivity (Wildman–Crippen MR) is 36.7 cm³/mol. The molecule has 76 valence electrons. The van der Waals surface area contributed by atoms with Gasteiger partial charge in [0.1, 0.15) is 0 Å². The molecule has 0 amide bonds. The van der Waals surface area contributed by atoms with E-state index in [4.69, 9.17) is 0 Å². The Labute approximate surface area is 99.8 Å². The van der Waals surface area contributed by atoms with E-state index >= 15 is 0 Å². The second kappa shape index (κ2) is 8.87. The Balaban J connectivity index is -0.000000143.